The molecule has 0 aliphatic heterocycles. The molecule has 0 bridgehead atoms. The van der Waals surface area contributed by atoms with E-state index >= 15 is 4.39 Å². The van der Waals surface area contributed by atoms with E-state index in [1.165, 1.54) is 18.6 Å². The number of sulfone groups is 1. The van der Waals surface area contributed by atoms with Crippen LogP contribution >= 0.6 is 0 Å². The molecule has 1 aromatic rings. The number of carbonyl (C=O) groups is 1. The Morgan fingerprint density at radius 3 is 2.44 bits per heavy atom. The molecule has 0 atom stereocenters. The number of rotatable bonds is 7. The highest BCUT2D eigenvalue weighted by atomic mass is 32.2. The molecule has 2 fully saturated rings. The van der Waals surface area contributed by atoms with Crippen molar-refractivity contribution in [2.75, 3.05) is 6.54 Å². The summed E-state index contributed by atoms with van der Waals surface area (Å²) in [5.41, 5.74) is 0.968. The Labute approximate surface area is 161 Å². The zero-order valence-electron chi connectivity index (χ0n) is 16.3. The largest absolute Gasteiger partial charge is 0.307 e. The molecule has 150 valence electrons. The van der Waals surface area contributed by atoms with Crippen molar-refractivity contribution in [2.24, 2.45) is 5.41 Å². The molecule has 0 aromatic heterocycles. The number of benzene rings is 1. The molecular formula is C21H30FNO3S. The molecule has 2 saturated carbocycles. The van der Waals surface area contributed by atoms with Gasteiger partial charge in [-0.1, -0.05) is 25.5 Å². The first-order valence-electron chi connectivity index (χ1n) is 9.89. The van der Waals surface area contributed by atoms with E-state index in [0.29, 0.717) is 25.8 Å². The third-order valence-corrected chi connectivity index (χ3v) is 8.53. The molecule has 0 radical (unpaired) electrons. The highest BCUT2D eigenvalue weighted by molar-refractivity contribution is 7.92. The fourth-order valence-electron chi connectivity index (χ4n) is 4.27. The van der Waals surface area contributed by atoms with E-state index in [2.05, 4.69) is 12.2 Å². The zero-order chi connectivity index (χ0) is 19.7. The average Bonchev–Trinajstić information content (AvgIpc) is 2.60. The fraction of sp³-hybridized carbons (Fsp3) is 0.667. The van der Waals surface area contributed by atoms with E-state index in [9.17, 15) is 13.2 Å². The van der Waals surface area contributed by atoms with Crippen molar-refractivity contribution in [3.63, 3.8) is 0 Å². The lowest BCUT2D eigenvalue weighted by molar-refractivity contribution is -0.121. The van der Waals surface area contributed by atoms with Gasteiger partial charge in [0.1, 0.15) is 5.78 Å². The van der Waals surface area contributed by atoms with Crippen molar-refractivity contribution in [1.82, 2.24) is 5.32 Å². The molecule has 0 heterocycles. The lowest BCUT2D eigenvalue weighted by atomic mass is 9.67. The zero-order valence-corrected chi connectivity index (χ0v) is 17.1. The van der Waals surface area contributed by atoms with Crippen LogP contribution in [0.1, 0.15) is 63.9 Å². The summed E-state index contributed by atoms with van der Waals surface area (Å²) >= 11 is 0. The van der Waals surface area contributed by atoms with Gasteiger partial charge >= 0.3 is 0 Å². The Bertz CT molecular complexity index is 793. The standard InChI is InChI=1S/C21H30FNO3S/c1-16-5-3-6-19(13-16)27(25,26)21(22)11-7-17(8-12-21)23-15-18(24)14-20(2)9-4-10-20/h3,5-6,13,17,23H,4,7-12,14-15H2,1-2H3. The Morgan fingerprint density at radius 2 is 1.89 bits per heavy atom. The molecule has 2 aliphatic rings. The van der Waals surface area contributed by atoms with E-state index in [0.717, 1.165) is 18.4 Å². The molecule has 0 amide bonds. The van der Waals surface area contributed by atoms with Crippen LogP contribution in [0.5, 0.6) is 0 Å². The fourth-order valence-corrected chi connectivity index (χ4v) is 6.06. The van der Waals surface area contributed by atoms with Crippen LogP contribution in [-0.2, 0) is 14.6 Å². The van der Waals surface area contributed by atoms with Gasteiger partial charge < -0.3 is 5.32 Å². The molecule has 6 heteroatoms. The topological polar surface area (TPSA) is 63.2 Å². The van der Waals surface area contributed by atoms with E-state index in [4.69, 9.17) is 0 Å². The van der Waals surface area contributed by atoms with Crippen molar-refractivity contribution < 1.29 is 17.6 Å². The first kappa shape index (κ1) is 20.5. The van der Waals surface area contributed by atoms with E-state index in [1.54, 1.807) is 19.1 Å². The normalized spacial score (nSPS) is 27.7. The maximum absolute atomic E-state index is 15.3. The van der Waals surface area contributed by atoms with Gasteiger partial charge in [-0.3, -0.25) is 4.79 Å². The van der Waals surface area contributed by atoms with E-state index in [-0.39, 0.29) is 35.0 Å². The van der Waals surface area contributed by atoms with Gasteiger partial charge in [0.15, 0.2) is 0 Å². The third kappa shape index (κ3) is 4.43. The number of halogens is 1. The van der Waals surface area contributed by atoms with E-state index < -0.39 is 14.8 Å². The second-order valence-corrected chi connectivity index (χ2v) is 10.9. The van der Waals surface area contributed by atoms with Gasteiger partial charge in [0.05, 0.1) is 11.4 Å². The molecule has 0 saturated heterocycles. The minimum Gasteiger partial charge on any atom is -0.307 e. The molecule has 3 rings (SSSR count). The van der Waals surface area contributed by atoms with Gasteiger partial charge in [-0.25, -0.2) is 12.8 Å². The molecular weight excluding hydrogens is 365 g/mol. The number of alkyl halides is 1. The summed E-state index contributed by atoms with van der Waals surface area (Å²) in [6.45, 7) is 4.25. The first-order chi connectivity index (χ1) is 12.6. The van der Waals surface area contributed by atoms with Gasteiger partial charge in [-0.2, -0.15) is 0 Å². The number of hydrogen-bond acceptors (Lipinski definition) is 4. The molecule has 0 unspecified atom stereocenters. The van der Waals surface area contributed by atoms with Crippen molar-refractivity contribution in [2.45, 2.75) is 81.2 Å². The number of hydrogen-bond donors (Lipinski definition) is 1. The average molecular weight is 396 g/mol. The highest BCUT2D eigenvalue weighted by Gasteiger charge is 2.47. The maximum Gasteiger partial charge on any atom is 0.215 e. The van der Waals surface area contributed by atoms with Crippen LogP contribution in [0.15, 0.2) is 29.2 Å². The summed E-state index contributed by atoms with van der Waals surface area (Å²) in [5.74, 6) is 0.196. The van der Waals surface area contributed by atoms with Crippen LogP contribution in [0.2, 0.25) is 0 Å². The minimum atomic E-state index is -4.02. The molecule has 0 spiro atoms. The smallest absolute Gasteiger partial charge is 0.215 e. The summed E-state index contributed by atoms with van der Waals surface area (Å²) in [6, 6.07) is 6.44. The van der Waals surface area contributed by atoms with Gasteiger partial charge in [-0.15, -0.1) is 0 Å². The molecule has 2 aliphatic carbocycles. The van der Waals surface area contributed by atoms with Gasteiger partial charge in [-0.05, 0) is 68.6 Å². The quantitative estimate of drug-likeness (QED) is 0.754. The van der Waals surface area contributed by atoms with Crippen LogP contribution in [0.3, 0.4) is 0 Å². The van der Waals surface area contributed by atoms with Crippen LogP contribution in [0, 0.1) is 12.3 Å². The first-order valence-corrected chi connectivity index (χ1v) is 11.4. The number of Topliss-reactive ketones (excluding diaryl/α,β-unsaturated/α-hetero) is 1. The van der Waals surface area contributed by atoms with Crippen LogP contribution in [0.25, 0.3) is 0 Å². The van der Waals surface area contributed by atoms with Crippen molar-refractivity contribution >= 4 is 15.6 Å². The van der Waals surface area contributed by atoms with Crippen molar-refractivity contribution in [3.05, 3.63) is 29.8 Å². The van der Waals surface area contributed by atoms with Gasteiger partial charge in [0, 0.05) is 12.5 Å². The van der Waals surface area contributed by atoms with Crippen LogP contribution in [-0.4, -0.2) is 31.8 Å². The SMILES string of the molecule is Cc1cccc(S(=O)(=O)C2(F)CCC(NCC(=O)CC3(C)CCC3)CC2)c1. The molecule has 1 aromatic carbocycles. The monoisotopic (exact) mass is 395 g/mol. The Balaban J connectivity index is 1.53. The summed E-state index contributed by atoms with van der Waals surface area (Å²) < 4.78 is 40.9. The van der Waals surface area contributed by atoms with E-state index in [1.807, 2.05) is 0 Å². The third-order valence-electron chi connectivity index (χ3n) is 6.29. The lowest BCUT2D eigenvalue weighted by Crippen LogP contribution is -2.45. The number of nitrogens with one attached hydrogen (secondary N) is 1. The maximum atomic E-state index is 15.3. The summed E-state index contributed by atoms with van der Waals surface area (Å²) in [7, 11) is -4.02. The molecule has 1 N–H and O–H groups in total. The molecule has 4 nitrogen and oxygen atoms in total. The second-order valence-electron chi connectivity index (χ2n) is 8.74. The van der Waals surface area contributed by atoms with Gasteiger partial charge in [0.2, 0.25) is 14.8 Å². The summed E-state index contributed by atoms with van der Waals surface area (Å²) in [5, 5.41) is 0.999. The minimum absolute atomic E-state index is 0.000249. The number of carbonyl (C=O) groups excluding carboxylic acids is 1. The number of aryl methyl sites for hydroxylation is 1. The summed E-state index contributed by atoms with van der Waals surface area (Å²) in [6.07, 6.45) is 4.81. The number of ketones is 1. The summed E-state index contributed by atoms with van der Waals surface area (Å²) in [4.78, 5) is 12.2. The second kappa shape index (κ2) is 7.63. The Morgan fingerprint density at radius 1 is 1.22 bits per heavy atom. The predicted molar refractivity (Wildman–Crippen MR) is 104 cm³/mol. The highest BCUT2D eigenvalue weighted by Crippen LogP contribution is 2.43. The predicted octanol–water partition coefficient (Wildman–Crippen LogP) is 4.12. The Kier molecular flexibility index (Phi) is 5.78. The Hall–Kier alpha value is -1.27. The van der Waals surface area contributed by atoms with Crippen molar-refractivity contribution in [1.29, 1.82) is 0 Å². The molecule has 27 heavy (non-hydrogen) atoms. The van der Waals surface area contributed by atoms with Crippen LogP contribution < -0.4 is 5.32 Å². The van der Waals surface area contributed by atoms with Gasteiger partial charge in [0.25, 0.3) is 0 Å². The van der Waals surface area contributed by atoms with Crippen LogP contribution in [0.4, 0.5) is 4.39 Å². The lowest BCUT2D eigenvalue weighted by Gasteiger charge is -2.38. The van der Waals surface area contributed by atoms with Crippen molar-refractivity contribution in [3.8, 4) is 0 Å².